The van der Waals surface area contributed by atoms with Crippen molar-refractivity contribution in [3.05, 3.63) is 58.6 Å². The Morgan fingerprint density at radius 1 is 1.17 bits per heavy atom. The van der Waals surface area contributed by atoms with Gasteiger partial charge in [0, 0.05) is 17.1 Å². The van der Waals surface area contributed by atoms with E-state index in [0.717, 1.165) is 12.0 Å². The van der Waals surface area contributed by atoms with Crippen LogP contribution in [0.15, 0.2) is 42.5 Å². The second kappa shape index (κ2) is 8.44. The number of benzene rings is 2. The predicted octanol–water partition coefficient (Wildman–Crippen LogP) is 3.72. The van der Waals surface area contributed by atoms with Crippen LogP contribution in [0.25, 0.3) is 0 Å². The zero-order chi connectivity index (χ0) is 16.7. The van der Waals surface area contributed by atoms with E-state index in [2.05, 4.69) is 5.32 Å². The minimum atomic E-state index is -0.143. The smallest absolute Gasteiger partial charge is 0.251 e. The van der Waals surface area contributed by atoms with E-state index in [9.17, 15) is 4.79 Å². The Labute approximate surface area is 141 Å². The van der Waals surface area contributed by atoms with Crippen molar-refractivity contribution >= 4 is 17.5 Å². The molecule has 2 rings (SSSR count). The summed E-state index contributed by atoms with van der Waals surface area (Å²) in [6.45, 7) is 2.93. The number of ether oxygens (including phenoxy) is 2. The van der Waals surface area contributed by atoms with Gasteiger partial charge in [-0.25, -0.2) is 0 Å². The van der Waals surface area contributed by atoms with E-state index >= 15 is 0 Å². The van der Waals surface area contributed by atoms with Crippen molar-refractivity contribution in [2.75, 3.05) is 20.3 Å². The van der Waals surface area contributed by atoms with E-state index in [-0.39, 0.29) is 5.91 Å². The van der Waals surface area contributed by atoms with Gasteiger partial charge < -0.3 is 14.8 Å². The lowest BCUT2D eigenvalue weighted by molar-refractivity contribution is 0.0953. The molecule has 0 aliphatic carbocycles. The highest BCUT2D eigenvalue weighted by Gasteiger charge is 2.10. The second-order valence-electron chi connectivity index (χ2n) is 4.93. The molecule has 0 aromatic heterocycles. The van der Waals surface area contributed by atoms with Crippen LogP contribution in [0.1, 0.15) is 22.8 Å². The van der Waals surface area contributed by atoms with Gasteiger partial charge in [-0.3, -0.25) is 4.79 Å². The molecular weight excluding hydrogens is 314 g/mol. The summed E-state index contributed by atoms with van der Waals surface area (Å²) in [5, 5.41) is 3.59. The van der Waals surface area contributed by atoms with Crippen molar-refractivity contribution in [3.8, 4) is 11.5 Å². The first-order valence-electron chi connectivity index (χ1n) is 7.47. The number of rotatable bonds is 7. The van der Waals surface area contributed by atoms with Gasteiger partial charge in [0.1, 0.15) is 0 Å². The highest BCUT2D eigenvalue weighted by atomic mass is 35.5. The fourth-order valence-electron chi connectivity index (χ4n) is 2.20. The van der Waals surface area contributed by atoms with Gasteiger partial charge in [0.25, 0.3) is 5.91 Å². The van der Waals surface area contributed by atoms with Gasteiger partial charge in [0.05, 0.1) is 13.7 Å². The molecule has 23 heavy (non-hydrogen) atoms. The maximum absolute atomic E-state index is 12.2. The van der Waals surface area contributed by atoms with Crippen molar-refractivity contribution in [2.24, 2.45) is 0 Å². The minimum absolute atomic E-state index is 0.143. The summed E-state index contributed by atoms with van der Waals surface area (Å²) < 4.78 is 10.7. The van der Waals surface area contributed by atoms with Gasteiger partial charge in [-0.2, -0.15) is 0 Å². The van der Waals surface area contributed by atoms with Crippen LogP contribution in [0.3, 0.4) is 0 Å². The van der Waals surface area contributed by atoms with Gasteiger partial charge in [-0.05, 0) is 49.2 Å². The summed E-state index contributed by atoms with van der Waals surface area (Å²) in [5.41, 5.74) is 1.63. The molecule has 2 aromatic rings. The number of hydrogen-bond donors (Lipinski definition) is 1. The number of hydrogen-bond acceptors (Lipinski definition) is 3. The van der Waals surface area contributed by atoms with Crippen molar-refractivity contribution < 1.29 is 14.3 Å². The quantitative estimate of drug-likeness (QED) is 0.840. The van der Waals surface area contributed by atoms with Crippen LogP contribution in [0.5, 0.6) is 11.5 Å². The number of halogens is 1. The Morgan fingerprint density at radius 3 is 2.70 bits per heavy atom. The minimum Gasteiger partial charge on any atom is -0.493 e. The van der Waals surface area contributed by atoms with Crippen LogP contribution in [-0.4, -0.2) is 26.2 Å². The maximum atomic E-state index is 12.2. The van der Waals surface area contributed by atoms with E-state index in [1.807, 2.05) is 31.2 Å². The molecule has 1 N–H and O–H groups in total. The van der Waals surface area contributed by atoms with Gasteiger partial charge in [-0.15, -0.1) is 0 Å². The molecule has 0 unspecified atom stereocenters. The van der Waals surface area contributed by atoms with E-state index in [4.69, 9.17) is 21.1 Å². The normalized spacial score (nSPS) is 10.2. The SMILES string of the molecule is CCOc1cc(C(=O)NCCc2cccc(Cl)c2)ccc1OC. The van der Waals surface area contributed by atoms with Crippen molar-refractivity contribution in [1.29, 1.82) is 0 Å². The van der Waals surface area contributed by atoms with Crippen LogP contribution in [0, 0.1) is 0 Å². The molecule has 0 fully saturated rings. The summed E-state index contributed by atoms with van der Waals surface area (Å²) >= 11 is 5.94. The lowest BCUT2D eigenvalue weighted by Crippen LogP contribution is -2.25. The second-order valence-corrected chi connectivity index (χ2v) is 5.37. The van der Waals surface area contributed by atoms with Crippen LogP contribution in [-0.2, 0) is 6.42 Å². The Morgan fingerprint density at radius 2 is 2.00 bits per heavy atom. The molecule has 0 spiro atoms. The maximum Gasteiger partial charge on any atom is 0.251 e. The van der Waals surface area contributed by atoms with Crippen LogP contribution in [0.2, 0.25) is 5.02 Å². The highest BCUT2D eigenvalue weighted by Crippen LogP contribution is 2.27. The number of methoxy groups -OCH3 is 1. The first-order valence-corrected chi connectivity index (χ1v) is 7.85. The molecule has 0 heterocycles. The fraction of sp³-hybridized carbons (Fsp3) is 0.278. The third-order valence-electron chi connectivity index (χ3n) is 3.31. The first kappa shape index (κ1) is 17.2. The first-order chi connectivity index (χ1) is 11.1. The zero-order valence-corrected chi connectivity index (χ0v) is 14.0. The molecule has 0 saturated carbocycles. The Balaban J connectivity index is 1.96. The molecule has 2 aromatic carbocycles. The van der Waals surface area contributed by atoms with E-state index in [0.29, 0.717) is 35.2 Å². The molecular formula is C18H20ClNO3. The number of carbonyl (C=O) groups is 1. The Kier molecular flexibility index (Phi) is 6.29. The summed E-state index contributed by atoms with van der Waals surface area (Å²) in [5.74, 6) is 1.04. The Hall–Kier alpha value is -2.20. The molecule has 122 valence electrons. The van der Waals surface area contributed by atoms with Crippen molar-refractivity contribution in [1.82, 2.24) is 5.32 Å². The van der Waals surface area contributed by atoms with E-state index < -0.39 is 0 Å². The summed E-state index contributed by atoms with van der Waals surface area (Å²) in [6.07, 6.45) is 0.723. The third-order valence-corrected chi connectivity index (χ3v) is 3.55. The fourth-order valence-corrected chi connectivity index (χ4v) is 2.41. The van der Waals surface area contributed by atoms with Crippen molar-refractivity contribution in [3.63, 3.8) is 0 Å². The van der Waals surface area contributed by atoms with Gasteiger partial charge in [-0.1, -0.05) is 23.7 Å². The summed E-state index contributed by atoms with van der Waals surface area (Å²) in [6, 6.07) is 12.8. The number of amides is 1. The molecule has 0 aliphatic heterocycles. The monoisotopic (exact) mass is 333 g/mol. The van der Waals surface area contributed by atoms with Crippen LogP contribution >= 0.6 is 11.6 Å². The Bertz CT molecular complexity index is 673. The topological polar surface area (TPSA) is 47.6 Å². The highest BCUT2D eigenvalue weighted by molar-refractivity contribution is 6.30. The van der Waals surface area contributed by atoms with E-state index in [1.165, 1.54) is 0 Å². The molecule has 0 aliphatic rings. The number of nitrogens with one attached hydrogen (secondary N) is 1. The molecule has 0 atom stereocenters. The molecule has 5 heteroatoms. The number of carbonyl (C=O) groups excluding carboxylic acids is 1. The zero-order valence-electron chi connectivity index (χ0n) is 13.3. The lowest BCUT2D eigenvalue weighted by Gasteiger charge is -2.11. The average Bonchev–Trinajstić information content (AvgIpc) is 2.55. The van der Waals surface area contributed by atoms with Gasteiger partial charge in [0.2, 0.25) is 0 Å². The summed E-state index contributed by atoms with van der Waals surface area (Å²) in [4.78, 5) is 12.2. The van der Waals surface area contributed by atoms with Crippen molar-refractivity contribution in [2.45, 2.75) is 13.3 Å². The van der Waals surface area contributed by atoms with E-state index in [1.54, 1.807) is 25.3 Å². The molecule has 0 saturated heterocycles. The average molecular weight is 334 g/mol. The standard InChI is InChI=1S/C18H20ClNO3/c1-3-23-17-12-14(7-8-16(17)22-2)18(21)20-10-9-13-5-4-6-15(19)11-13/h4-8,11-12H,3,9-10H2,1-2H3,(H,20,21). The largest absolute Gasteiger partial charge is 0.493 e. The van der Waals surface area contributed by atoms with Crippen LogP contribution < -0.4 is 14.8 Å². The van der Waals surface area contributed by atoms with Gasteiger partial charge >= 0.3 is 0 Å². The summed E-state index contributed by atoms with van der Waals surface area (Å²) in [7, 11) is 1.57. The molecule has 1 amide bonds. The molecule has 0 radical (unpaired) electrons. The molecule has 0 bridgehead atoms. The lowest BCUT2D eigenvalue weighted by atomic mass is 10.1. The molecule has 4 nitrogen and oxygen atoms in total. The predicted molar refractivity (Wildman–Crippen MR) is 91.7 cm³/mol. The van der Waals surface area contributed by atoms with Gasteiger partial charge in [0.15, 0.2) is 11.5 Å². The third kappa shape index (κ3) is 4.89. The van der Waals surface area contributed by atoms with Crippen LogP contribution in [0.4, 0.5) is 0 Å².